The van der Waals surface area contributed by atoms with Crippen LogP contribution in [0.4, 0.5) is 10.1 Å². The van der Waals surface area contributed by atoms with Gasteiger partial charge in [0.25, 0.3) is 0 Å². The predicted molar refractivity (Wildman–Crippen MR) is 116 cm³/mol. The molecule has 0 spiro atoms. The average molecular weight is 400 g/mol. The number of hydrogen-bond acceptors (Lipinski definition) is 2. The largest absolute Gasteiger partial charge is 0.497 e. The minimum Gasteiger partial charge on any atom is -0.497 e. The summed E-state index contributed by atoms with van der Waals surface area (Å²) in [5.74, 6) is 0.465. The Bertz CT molecular complexity index is 1240. The van der Waals surface area contributed by atoms with Crippen molar-refractivity contribution in [1.29, 1.82) is 0 Å². The van der Waals surface area contributed by atoms with E-state index < -0.39 is 0 Å². The highest BCUT2D eigenvalue weighted by Gasteiger charge is 2.27. The fourth-order valence-electron chi connectivity index (χ4n) is 4.35. The molecule has 5 heteroatoms. The first-order chi connectivity index (χ1) is 14.6. The van der Waals surface area contributed by atoms with Crippen molar-refractivity contribution in [3.05, 3.63) is 95.4 Å². The monoisotopic (exact) mass is 400 g/mol. The van der Waals surface area contributed by atoms with E-state index in [1.807, 2.05) is 48.5 Å². The van der Waals surface area contributed by atoms with Gasteiger partial charge in [0.1, 0.15) is 11.6 Å². The molecule has 1 N–H and O–H groups in total. The van der Waals surface area contributed by atoms with Crippen molar-refractivity contribution < 1.29 is 13.9 Å². The van der Waals surface area contributed by atoms with Crippen LogP contribution in [-0.4, -0.2) is 17.6 Å². The van der Waals surface area contributed by atoms with Gasteiger partial charge in [0, 0.05) is 30.5 Å². The smallest absolute Gasteiger partial charge is 0.225 e. The van der Waals surface area contributed by atoms with Crippen LogP contribution in [0.15, 0.2) is 72.9 Å². The highest BCUT2D eigenvalue weighted by atomic mass is 19.1. The molecule has 5 rings (SSSR count). The van der Waals surface area contributed by atoms with E-state index in [0.717, 1.165) is 39.0 Å². The fraction of sp³-hybridized carbons (Fsp3) is 0.160. The Balaban J connectivity index is 1.66. The summed E-state index contributed by atoms with van der Waals surface area (Å²) in [6, 6.07) is 20.5. The van der Waals surface area contributed by atoms with E-state index in [0.29, 0.717) is 13.0 Å². The maximum absolute atomic E-state index is 13.7. The maximum Gasteiger partial charge on any atom is 0.225 e. The van der Waals surface area contributed by atoms with Gasteiger partial charge in [-0.2, -0.15) is 0 Å². The molecule has 0 radical (unpaired) electrons. The fourth-order valence-corrected chi connectivity index (χ4v) is 4.35. The molecule has 1 aromatic heterocycles. The molecule has 30 heavy (non-hydrogen) atoms. The minimum absolute atomic E-state index is 0.00352. The molecule has 0 bridgehead atoms. The number of ether oxygens (including phenoxy) is 1. The topological polar surface area (TPSA) is 43.3 Å². The van der Waals surface area contributed by atoms with Crippen molar-refractivity contribution in [3.8, 4) is 5.75 Å². The zero-order valence-corrected chi connectivity index (χ0v) is 16.6. The molecular weight excluding hydrogens is 379 g/mol. The molecule has 0 aliphatic carbocycles. The van der Waals surface area contributed by atoms with E-state index in [9.17, 15) is 9.18 Å². The van der Waals surface area contributed by atoms with Crippen molar-refractivity contribution in [1.82, 2.24) is 4.57 Å². The highest BCUT2D eigenvalue weighted by Crippen LogP contribution is 2.41. The summed E-state index contributed by atoms with van der Waals surface area (Å²) < 4.78 is 21.1. The number of benzene rings is 3. The van der Waals surface area contributed by atoms with Crippen LogP contribution in [0.1, 0.15) is 29.0 Å². The Labute approximate surface area is 173 Å². The molecular formula is C25H21FN2O2. The van der Waals surface area contributed by atoms with E-state index in [-0.39, 0.29) is 17.6 Å². The summed E-state index contributed by atoms with van der Waals surface area (Å²) in [7, 11) is 1.64. The quantitative estimate of drug-likeness (QED) is 0.504. The molecule has 1 atom stereocenters. The first-order valence-electron chi connectivity index (χ1n) is 9.92. The van der Waals surface area contributed by atoms with Gasteiger partial charge in [-0.15, -0.1) is 0 Å². The lowest BCUT2D eigenvalue weighted by Gasteiger charge is -2.15. The molecule has 1 aliphatic heterocycles. The first-order valence-corrected chi connectivity index (χ1v) is 9.92. The minimum atomic E-state index is -0.241. The molecule has 4 nitrogen and oxygen atoms in total. The van der Waals surface area contributed by atoms with Crippen LogP contribution in [0.25, 0.3) is 10.9 Å². The molecule has 4 aromatic rings. The van der Waals surface area contributed by atoms with Crippen LogP contribution in [0.5, 0.6) is 5.75 Å². The number of rotatable bonds is 4. The summed E-state index contributed by atoms with van der Waals surface area (Å²) in [4.78, 5) is 12.6. The van der Waals surface area contributed by atoms with E-state index in [4.69, 9.17) is 4.74 Å². The van der Waals surface area contributed by atoms with E-state index in [1.165, 1.54) is 6.07 Å². The lowest BCUT2D eigenvalue weighted by atomic mass is 9.88. The van der Waals surface area contributed by atoms with Gasteiger partial charge in [-0.25, -0.2) is 4.39 Å². The zero-order valence-electron chi connectivity index (χ0n) is 16.6. The van der Waals surface area contributed by atoms with Crippen LogP contribution in [0.2, 0.25) is 0 Å². The molecule has 2 heterocycles. The molecule has 0 fully saturated rings. The van der Waals surface area contributed by atoms with Crippen LogP contribution in [0.3, 0.4) is 0 Å². The standard InChI is InChI=1S/C25H21FN2O2/c1-30-19-10-8-17(9-11-19)20-13-24(29)27-22-6-3-7-23-25(22)21(20)15-28(23)14-16-4-2-5-18(26)12-16/h2-12,15,20H,13-14H2,1H3,(H,27,29)/t20-/m1/s1. The molecule has 150 valence electrons. The Morgan fingerprint density at radius 3 is 2.67 bits per heavy atom. The summed E-state index contributed by atoms with van der Waals surface area (Å²) in [6.07, 6.45) is 2.47. The highest BCUT2D eigenvalue weighted by molar-refractivity contribution is 6.06. The Morgan fingerprint density at radius 1 is 1.10 bits per heavy atom. The van der Waals surface area contributed by atoms with Gasteiger partial charge in [-0.3, -0.25) is 4.79 Å². The van der Waals surface area contributed by atoms with E-state index in [2.05, 4.69) is 16.1 Å². The van der Waals surface area contributed by atoms with Gasteiger partial charge in [0.15, 0.2) is 0 Å². The predicted octanol–water partition coefficient (Wildman–Crippen LogP) is 5.31. The number of halogens is 1. The molecule has 1 amide bonds. The number of carbonyl (C=O) groups is 1. The van der Waals surface area contributed by atoms with Crippen LogP contribution in [0, 0.1) is 5.82 Å². The molecule has 0 saturated heterocycles. The molecule has 0 saturated carbocycles. The van der Waals surface area contributed by atoms with Gasteiger partial charge in [0.05, 0.1) is 18.3 Å². The number of carbonyl (C=O) groups excluding carboxylic acids is 1. The van der Waals surface area contributed by atoms with Gasteiger partial charge >= 0.3 is 0 Å². The van der Waals surface area contributed by atoms with Crippen molar-refractivity contribution in [2.24, 2.45) is 0 Å². The second-order valence-electron chi connectivity index (χ2n) is 7.62. The number of nitrogens with one attached hydrogen (secondary N) is 1. The summed E-state index contributed by atoms with van der Waals surface area (Å²) in [5.41, 5.74) is 4.90. The van der Waals surface area contributed by atoms with Crippen LogP contribution in [-0.2, 0) is 11.3 Å². The van der Waals surface area contributed by atoms with Crippen molar-refractivity contribution in [2.45, 2.75) is 18.9 Å². The van der Waals surface area contributed by atoms with Crippen molar-refractivity contribution >= 4 is 22.5 Å². The van der Waals surface area contributed by atoms with Gasteiger partial charge in [-0.1, -0.05) is 30.3 Å². The SMILES string of the molecule is COc1ccc([C@H]2CC(=O)Nc3cccc4c3c2cn4Cc2cccc(F)c2)cc1. The van der Waals surface area contributed by atoms with Gasteiger partial charge in [-0.05, 0) is 53.1 Å². The maximum atomic E-state index is 13.7. The lowest BCUT2D eigenvalue weighted by Crippen LogP contribution is -2.14. The van der Waals surface area contributed by atoms with Crippen LogP contribution >= 0.6 is 0 Å². The molecule has 3 aromatic carbocycles. The Hall–Kier alpha value is -3.60. The van der Waals surface area contributed by atoms with Crippen molar-refractivity contribution in [3.63, 3.8) is 0 Å². The Kier molecular flexibility index (Phi) is 4.51. The number of anilines is 1. The van der Waals surface area contributed by atoms with Crippen molar-refractivity contribution in [2.75, 3.05) is 12.4 Å². The summed E-state index contributed by atoms with van der Waals surface area (Å²) in [6.45, 7) is 0.557. The third-order valence-electron chi connectivity index (χ3n) is 5.73. The lowest BCUT2D eigenvalue weighted by molar-refractivity contribution is -0.116. The number of methoxy groups -OCH3 is 1. The summed E-state index contributed by atoms with van der Waals surface area (Å²) in [5, 5.41) is 4.10. The van der Waals surface area contributed by atoms with Gasteiger partial charge in [0.2, 0.25) is 5.91 Å². The Morgan fingerprint density at radius 2 is 1.90 bits per heavy atom. The number of amides is 1. The second kappa shape index (κ2) is 7.34. The van der Waals surface area contributed by atoms with Gasteiger partial charge < -0.3 is 14.6 Å². The average Bonchev–Trinajstić information content (AvgIpc) is 3.04. The van der Waals surface area contributed by atoms with Crippen LogP contribution < -0.4 is 10.1 Å². The number of hydrogen-bond donors (Lipinski definition) is 1. The third kappa shape index (κ3) is 3.22. The summed E-state index contributed by atoms with van der Waals surface area (Å²) >= 11 is 0. The first kappa shape index (κ1) is 18.4. The number of aromatic nitrogens is 1. The van der Waals surface area contributed by atoms with E-state index >= 15 is 0 Å². The van der Waals surface area contributed by atoms with E-state index in [1.54, 1.807) is 19.2 Å². The number of nitrogens with zero attached hydrogens (tertiary/aromatic N) is 1. The molecule has 1 aliphatic rings. The third-order valence-corrected chi connectivity index (χ3v) is 5.73. The second-order valence-corrected chi connectivity index (χ2v) is 7.62. The zero-order chi connectivity index (χ0) is 20.7. The normalized spacial score (nSPS) is 15.7. The molecule has 0 unspecified atom stereocenters.